The van der Waals surface area contributed by atoms with Crippen LogP contribution in [0.1, 0.15) is 26.7 Å². The molecule has 4 amide bonds. The van der Waals surface area contributed by atoms with Gasteiger partial charge < -0.3 is 48.4 Å². The molecule has 0 aromatic carbocycles. The van der Waals surface area contributed by atoms with Crippen LogP contribution in [0.2, 0.25) is 51.4 Å². The van der Waals surface area contributed by atoms with Gasteiger partial charge in [-0.05, 0) is 78.1 Å². The summed E-state index contributed by atoms with van der Waals surface area (Å²) in [6, 6.07) is 0.453. The van der Waals surface area contributed by atoms with Gasteiger partial charge in [0.2, 0.25) is 0 Å². The van der Waals surface area contributed by atoms with E-state index in [-0.39, 0.29) is 26.4 Å². The molecule has 0 aliphatic carbocycles. The number of hydrogen-bond donors (Lipinski definition) is 4. The number of hydrogen-bond acceptors (Lipinski definition) is 12. The second-order valence-electron chi connectivity index (χ2n) is 14.5. The van der Waals surface area contributed by atoms with Crippen LogP contribution in [0.4, 0.5) is 9.59 Å². The quantitative estimate of drug-likeness (QED) is 0.0323. The van der Waals surface area contributed by atoms with Gasteiger partial charge in [0.15, 0.2) is 16.6 Å². The first kappa shape index (κ1) is 49.0. The van der Waals surface area contributed by atoms with Crippen molar-refractivity contribution in [1.82, 2.24) is 21.3 Å². The Morgan fingerprint density at radius 3 is 1.04 bits per heavy atom. The predicted octanol–water partition coefficient (Wildman–Crippen LogP) is 3.94. The van der Waals surface area contributed by atoms with Crippen LogP contribution in [0.15, 0.2) is 50.6 Å². The number of carbonyl (C=O) groups is 6. The lowest BCUT2D eigenvalue weighted by molar-refractivity contribution is -0.145. The Balaban J connectivity index is 4.92. The Hall–Kier alpha value is -4.05. The lowest BCUT2D eigenvalue weighted by Crippen LogP contribution is -2.56. The third-order valence-electron chi connectivity index (χ3n) is 7.16. The van der Waals surface area contributed by atoms with Crippen molar-refractivity contribution in [1.29, 1.82) is 0 Å². The van der Waals surface area contributed by atoms with Crippen molar-refractivity contribution in [3.05, 3.63) is 50.6 Å². The molecular weight excluding hydrogens is 741 g/mol. The summed E-state index contributed by atoms with van der Waals surface area (Å²) in [5.41, 5.74) is -2.39. The van der Waals surface area contributed by atoms with E-state index < -0.39 is 72.2 Å². The fourth-order valence-corrected chi connectivity index (χ4v) is 19.0. The zero-order chi connectivity index (χ0) is 40.9. The molecule has 0 aromatic heterocycles. The number of urea groups is 2. The van der Waals surface area contributed by atoms with Gasteiger partial charge in [0.25, 0.3) is 0 Å². The van der Waals surface area contributed by atoms with E-state index in [1.54, 1.807) is 13.8 Å². The molecule has 0 aliphatic rings. The topological polar surface area (TPSA) is 206 Å². The molecule has 0 saturated carbocycles. The number of carbonyl (C=O) groups excluding carboxylic acids is 6. The standard InChI is InChI=1S/C34H60N4O12Si3/c1-13-27(39)45-23-33(5,24-46-28(40)14-2)37-31(43)35-19-17-21-51(7,8)49-53(11,12)50-52(9,10)22-18-20-36-32(44)38-34(6,25-47-29(41)15-3)26-48-30(42)16-4/h13-16H,1-4,17-26H2,5-12H3,(H2,35,37,43)(H2,36,38,44). The van der Waals surface area contributed by atoms with Crippen LogP contribution in [0.5, 0.6) is 0 Å². The van der Waals surface area contributed by atoms with Gasteiger partial charge in [-0.3, -0.25) is 0 Å². The minimum absolute atomic E-state index is 0.249. The monoisotopic (exact) mass is 800 g/mol. The van der Waals surface area contributed by atoms with E-state index in [4.69, 9.17) is 27.2 Å². The van der Waals surface area contributed by atoms with E-state index >= 15 is 0 Å². The summed E-state index contributed by atoms with van der Waals surface area (Å²) >= 11 is 0. The maximum atomic E-state index is 12.7. The number of esters is 4. The molecule has 300 valence electrons. The summed E-state index contributed by atoms with van der Waals surface area (Å²) in [4.78, 5) is 71.7. The lowest BCUT2D eigenvalue weighted by atomic mass is 10.1. The SMILES string of the molecule is C=CC(=O)OCC(C)(COC(=O)C=C)NC(=O)NCCC[Si](C)(C)O[Si](C)(C)O[Si](C)(C)CCCNC(=O)NC(C)(COC(=O)C=C)COC(=O)C=C. The predicted molar refractivity (Wildman–Crippen MR) is 208 cm³/mol. The first-order valence-electron chi connectivity index (χ1n) is 17.1. The Labute approximate surface area is 317 Å². The molecule has 0 unspecified atom stereocenters. The van der Waals surface area contributed by atoms with Crippen LogP contribution < -0.4 is 21.3 Å². The number of nitrogens with one attached hydrogen (secondary N) is 4. The second kappa shape index (κ2) is 22.9. The highest BCUT2D eigenvalue weighted by atomic mass is 28.5. The fraction of sp³-hybridized carbons (Fsp3) is 0.588. The smallest absolute Gasteiger partial charge is 0.330 e. The van der Waals surface area contributed by atoms with E-state index in [2.05, 4.69) is 73.8 Å². The molecule has 0 atom stereocenters. The summed E-state index contributed by atoms with van der Waals surface area (Å²) in [7, 11) is -6.98. The van der Waals surface area contributed by atoms with E-state index in [9.17, 15) is 28.8 Å². The van der Waals surface area contributed by atoms with E-state index in [1.807, 2.05) is 13.1 Å². The summed E-state index contributed by atoms with van der Waals surface area (Å²) in [5.74, 6) is -2.73. The van der Waals surface area contributed by atoms with Crippen molar-refractivity contribution in [2.45, 2.75) is 89.1 Å². The minimum atomic E-state index is -2.56. The average Bonchev–Trinajstić information content (AvgIpc) is 3.06. The summed E-state index contributed by atoms with van der Waals surface area (Å²) < 4.78 is 33.6. The average molecular weight is 801 g/mol. The van der Waals surface area contributed by atoms with Crippen LogP contribution in [0, 0.1) is 0 Å². The zero-order valence-electron chi connectivity index (χ0n) is 32.6. The molecule has 19 heteroatoms. The maximum Gasteiger partial charge on any atom is 0.330 e. The van der Waals surface area contributed by atoms with Crippen LogP contribution in [0.25, 0.3) is 0 Å². The first-order valence-corrected chi connectivity index (χ1v) is 26.2. The molecule has 0 heterocycles. The number of amides is 4. The molecule has 0 radical (unpaired) electrons. The Bertz CT molecular complexity index is 1180. The van der Waals surface area contributed by atoms with Crippen molar-refractivity contribution >= 4 is 61.1 Å². The second-order valence-corrected chi connectivity index (χ2v) is 26.9. The maximum absolute atomic E-state index is 12.7. The normalized spacial score (nSPS) is 11.9. The summed E-state index contributed by atoms with van der Waals surface area (Å²) in [5, 5.41) is 11.0. The van der Waals surface area contributed by atoms with Crippen molar-refractivity contribution < 1.29 is 55.9 Å². The third kappa shape index (κ3) is 23.3. The summed E-state index contributed by atoms with van der Waals surface area (Å²) in [6.07, 6.45) is 5.26. The van der Waals surface area contributed by atoms with Gasteiger partial charge in [-0.15, -0.1) is 0 Å². The molecule has 4 N–H and O–H groups in total. The molecule has 0 rings (SSSR count). The molecule has 53 heavy (non-hydrogen) atoms. The molecule has 0 spiro atoms. The molecule has 0 bridgehead atoms. The van der Waals surface area contributed by atoms with Gasteiger partial charge in [-0.25, -0.2) is 28.8 Å². The fourth-order valence-electron chi connectivity index (χ4n) is 4.91. The van der Waals surface area contributed by atoms with Gasteiger partial charge in [0.1, 0.15) is 37.5 Å². The Kier molecular flexibility index (Phi) is 21.1. The van der Waals surface area contributed by atoms with E-state index in [0.29, 0.717) is 25.9 Å². The van der Waals surface area contributed by atoms with Gasteiger partial charge >= 0.3 is 44.5 Å². The van der Waals surface area contributed by atoms with Crippen LogP contribution in [-0.2, 0) is 46.4 Å². The number of rotatable bonds is 26. The van der Waals surface area contributed by atoms with Crippen LogP contribution >= 0.6 is 0 Å². The molecule has 0 fully saturated rings. The van der Waals surface area contributed by atoms with Crippen molar-refractivity contribution in [3.63, 3.8) is 0 Å². The molecule has 0 aromatic rings. The zero-order valence-corrected chi connectivity index (χ0v) is 35.6. The van der Waals surface area contributed by atoms with Crippen molar-refractivity contribution in [2.24, 2.45) is 0 Å². The third-order valence-corrected chi connectivity index (χ3v) is 18.6. The van der Waals surface area contributed by atoms with Crippen molar-refractivity contribution in [2.75, 3.05) is 39.5 Å². The largest absolute Gasteiger partial charge is 0.460 e. The number of ether oxygens (including phenoxy) is 4. The van der Waals surface area contributed by atoms with E-state index in [0.717, 1.165) is 36.4 Å². The highest BCUT2D eigenvalue weighted by molar-refractivity contribution is 6.87. The van der Waals surface area contributed by atoms with Gasteiger partial charge in [-0.1, -0.05) is 26.3 Å². The Morgan fingerprint density at radius 2 is 0.792 bits per heavy atom. The molecule has 16 nitrogen and oxygen atoms in total. The molecule has 0 saturated heterocycles. The van der Waals surface area contributed by atoms with Crippen LogP contribution in [-0.4, -0.2) is 112 Å². The van der Waals surface area contributed by atoms with Gasteiger partial charge in [0.05, 0.1) is 0 Å². The molecular formula is C34H60N4O12Si3. The van der Waals surface area contributed by atoms with E-state index in [1.165, 1.54) is 0 Å². The van der Waals surface area contributed by atoms with Crippen molar-refractivity contribution in [3.8, 4) is 0 Å². The Morgan fingerprint density at radius 1 is 0.528 bits per heavy atom. The highest BCUT2D eigenvalue weighted by Gasteiger charge is 2.39. The van der Waals surface area contributed by atoms with Gasteiger partial charge in [-0.2, -0.15) is 0 Å². The summed E-state index contributed by atoms with van der Waals surface area (Å²) in [6.45, 7) is 28.7. The first-order chi connectivity index (χ1) is 24.4. The van der Waals surface area contributed by atoms with Gasteiger partial charge in [0, 0.05) is 37.4 Å². The lowest BCUT2D eigenvalue weighted by Gasteiger charge is -2.39. The minimum Gasteiger partial charge on any atom is -0.460 e. The highest BCUT2D eigenvalue weighted by Crippen LogP contribution is 2.26. The van der Waals surface area contributed by atoms with Crippen LogP contribution in [0.3, 0.4) is 0 Å². The molecule has 0 aliphatic heterocycles.